The van der Waals surface area contributed by atoms with Crippen molar-refractivity contribution < 1.29 is 14.0 Å². The van der Waals surface area contributed by atoms with E-state index in [9.17, 15) is 18.8 Å². The van der Waals surface area contributed by atoms with E-state index in [2.05, 4.69) is 46.1 Å². The Balaban J connectivity index is 1.57. The minimum absolute atomic E-state index is 0.0198. The number of benzene rings is 2. The van der Waals surface area contributed by atoms with Crippen LogP contribution in [0.5, 0.6) is 0 Å². The van der Waals surface area contributed by atoms with Crippen LogP contribution in [-0.2, 0) is 16.6 Å². The van der Waals surface area contributed by atoms with E-state index in [4.69, 9.17) is 0 Å². The van der Waals surface area contributed by atoms with Crippen molar-refractivity contribution in [2.24, 2.45) is 0 Å². The fraction of sp³-hybridized carbons (Fsp3) is 0.226. The third-order valence-electron chi connectivity index (χ3n) is 6.83. The summed E-state index contributed by atoms with van der Waals surface area (Å²) in [7, 11) is 0. The van der Waals surface area contributed by atoms with Gasteiger partial charge in [-0.15, -0.1) is 0 Å². The van der Waals surface area contributed by atoms with Crippen molar-refractivity contribution in [1.29, 1.82) is 0 Å². The van der Waals surface area contributed by atoms with Crippen molar-refractivity contribution >= 4 is 23.3 Å². The van der Waals surface area contributed by atoms with Crippen LogP contribution in [0.4, 0.5) is 10.1 Å². The predicted octanol–water partition coefficient (Wildman–Crippen LogP) is 4.00. The zero-order valence-corrected chi connectivity index (χ0v) is 23.4. The highest BCUT2D eigenvalue weighted by molar-refractivity contribution is 6.09. The molecule has 0 aliphatic rings. The van der Waals surface area contributed by atoms with Gasteiger partial charge in [0.15, 0.2) is 0 Å². The number of anilines is 1. The summed E-state index contributed by atoms with van der Waals surface area (Å²) in [4.78, 5) is 54.7. The number of carbonyl (C=O) groups excluding carboxylic acids is 2. The summed E-state index contributed by atoms with van der Waals surface area (Å²) < 4.78 is 14.8. The number of hydrogen-bond acceptors (Lipinski definition) is 6. The first-order chi connectivity index (χ1) is 20.1. The van der Waals surface area contributed by atoms with Crippen molar-refractivity contribution in [2.45, 2.75) is 38.6 Å². The molecule has 11 heteroatoms. The number of H-pyrrole nitrogens is 1. The molecule has 5 rings (SSSR count). The Labute approximate surface area is 241 Å². The molecule has 0 bridgehead atoms. The largest absolute Gasteiger partial charge is 0.354 e. The summed E-state index contributed by atoms with van der Waals surface area (Å²) in [6.45, 7) is 6.42. The Morgan fingerprint density at radius 2 is 1.86 bits per heavy atom. The van der Waals surface area contributed by atoms with Gasteiger partial charge in [-0.2, -0.15) is 4.52 Å². The number of hydrogen-bond donors (Lipinski definition) is 2. The minimum Gasteiger partial charge on any atom is -0.354 e. The van der Waals surface area contributed by atoms with Crippen LogP contribution in [0.25, 0.3) is 5.78 Å². The third-order valence-corrected chi connectivity index (χ3v) is 6.83. The molecule has 214 valence electrons. The molecule has 42 heavy (non-hydrogen) atoms. The molecule has 0 fully saturated rings. The maximum atomic E-state index is 14.2. The zero-order chi connectivity index (χ0) is 29.9. The summed E-state index contributed by atoms with van der Waals surface area (Å²) in [5.41, 5.74) is 1.78. The molecule has 1 unspecified atom stereocenters. The van der Waals surface area contributed by atoms with E-state index in [1.54, 1.807) is 42.6 Å². The summed E-state index contributed by atoms with van der Waals surface area (Å²) in [5.74, 6) is -1.49. The van der Waals surface area contributed by atoms with Gasteiger partial charge < -0.3 is 5.32 Å². The highest BCUT2D eigenvalue weighted by Crippen LogP contribution is 2.31. The standard InChI is InChI=1S/C31H30FN7O3/c1-31(2,3)22-9-11-24(12-10-22)38(29(42)25-17-26(40)39-30(37-25)35-19-36-39)27(21-7-5-14-33-18-21)28(41)34-15-13-20-6-4-8-23(32)16-20/h4-12,14,16-19,27H,13,15H2,1-3H3,(H,34,41)(H,35,36,37). The van der Waals surface area contributed by atoms with Crippen molar-refractivity contribution in [3.8, 4) is 0 Å². The first-order valence-corrected chi connectivity index (χ1v) is 13.4. The Hall–Kier alpha value is -5.19. The Morgan fingerprint density at radius 3 is 2.55 bits per heavy atom. The maximum Gasteiger partial charge on any atom is 0.278 e. The first-order valence-electron chi connectivity index (χ1n) is 13.4. The quantitative estimate of drug-likeness (QED) is 0.292. The first kappa shape index (κ1) is 28.3. The molecule has 0 saturated carbocycles. The Kier molecular flexibility index (Phi) is 7.92. The van der Waals surface area contributed by atoms with Crippen molar-refractivity contribution in [3.63, 3.8) is 0 Å². The van der Waals surface area contributed by atoms with Gasteiger partial charge in [-0.1, -0.05) is 51.1 Å². The fourth-order valence-electron chi connectivity index (χ4n) is 4.64. The lowest BCUT2D eigenvalue weighted by atomic mass is 9.87. The second-order valence-corrected chi connectivity index (χ2v) is 10.8. The van der Waals surface area contributed by atoms with E-state index in [0.717, 1.165) is 21.7 Å². The molecular weight excluding hydrogens is 537 g/mol. The van der Waals surface area contributed by atoms with Gasteiger partial charge in [0, 0.05) is 36.3 Å². The number of fused-ring (bicyclic) bond motifs is 1. The topological polar surface area (TPSA) is 125 Å². The van der Waals surface area contributed by atoms with Gasteiger partial charge in [-0.05, 0) is 53.3 Å². The van der Waals surface area contributed by atoms with Crippen molar-refractivity contribution in [2.75, 3.05) is 11.4 Å². The summed E-state index contributed by atoms with van der Waals surface area (Å²) in [6, 6.07) is 16.8. The van der Waals surface area contributed by atoms with Gasteiger partial charge in [0.25, 0.3) is 17.2 Å². The molecule has 0 spiro atoms. The lowest BCUT2D eigenvalue weighted by molar-refractivity contribution is -0.122. The van der Waals surface area contributed by atoms with Crippen LogP contribution in [0.3, 0.4) is 0 Å². The van der Waals surface area contributed by atoms with E-state index < -0.39 is 23.4 Å². The van der Waals surface area contributed by atoms with E-state index in [1.165, 1.54) is 29.6 Å². The number of aromatic nitrogens is 5. The second kappa shape index (κ2) is 11.7. The van der Waals surface area contributed by atoms with Crippen LogP contribution in [0.2, 0.25) is 0 Å². The number of pyridine rings is 1. The fourth-order valence-corrected chi connectivity index (χ4v) is 4.64. The molecule has 1 atom stereocenters. The summed E-state index contributed by atoms with van der Waals surface area (Å²) >= 11 is 0. The zero-order valence-electron chi connectivity index (χ0n) is 23.4. The van der Waals surface area contributed by atoms with E-state index >= 15 is 0 Å². The smallest absolute Gasteiger partial charge is 0.278 e. The molecule has 3 aromatic heterocycles. The predicted molar refractivity (Wildman–Crippen MR) is 156 cm³/mol. The molecule has 0 aliphatic carbocycles. The van der Waals surface area contributed by atoms with Crippen LogP contribution in [0, 0.1) is 5.82 Å². The van der Waals surface area contributed by atoms with E-state index in [1.807, 2.05) is 12.1 Å². The van der Waals surface area contributed by atoms with Crippen LogP contribution in [-0.4, -0.2) is 42.9 Å². The lowest BCUT2D eigenvalue weighted by Crippen LogP contribution is -2.45. The Morgan fingerprint density at radius 1 is 1.07 bits per heavy atom. The number of carbonyl (C=O) groups is 2. The highest BCUT2D eigenvalue weighted by atomic mass is 19.1. The maximum absolute atomic E-state index is 14.2. The Bertz CT molecular complexity index is 1780. The van der Waals surface area contributed by atoms with Crippen LogP contribution in [0.1, 0.15) is 54.0 Å². The minimum atomic E-state index is -1.17. The molecule has 2 amide bonds. The average molecular weight is 568 g/mol. The van der Waals surface area contributed by atoms with Gasteiger partial charge in [0.05, 0.1) is 0 Å². The number of aromatic amines is 1. The number of halogens is 1. The SMILES string of the molecule is CC(C)(C)c1ccc(N(C(=O)c2cc(=O)n3[nH]cnc3n2)C(C(=O)NCCc2cccc(F)c2)c2cccnc2)cc1. The highest BCUT2D eigenvalue weighted by Gasteiger charge is 2.35. The number of nitrogens with zero attached hydrogens (tertiary/aromatic N) is 5. The molecule has 0 aliphatic heterocycles. The van der Waals surface area contributed by atoms with Gasteiger partial charge in [0.1, 0.15) is 23.9 Å². The second-order valence-electron chi connectivity index (χ2n) is 10.8. The molecule has 10 nitrogen and oxygen atoms in total. The normalized spacial score (nSPS) is 12.2. The van der Waals surface area contributed by atoms with E-state index in [0.29, 0.717) is 17.7 Å². The summed E-state index contributed by atoms with van der Waals surface area (Å²) in [5, 5.41) is 5.54. The molecule has 0 saturated heterocycles. The number of nitrogens with one attached hydrogen (secondary N) is 2. The van der Waals surface area contributed by atoms with Crippen molar-refractivity contribution in [1.82, 2.24) is 29.9 Å². The van der Waals surface area contributed by atoms with Gasteiger partial charge >= 0.3 is 0 Å². The van der Waals surface area contributed by atoms with Gasteiger partial charge in [-0.25, -0.2) is 14.4 Å². The van der Waals surface area contributed by atoms with Gasteiger partial charge in [0.2, 0.25) is 5.91 Å². The molecule has 2 N–H and O–H groups in total. The molecule has 5 aromatic rings. The van der Waals surface area contributed by atoms with Crippen LogP contribution >= 0.6 is 0 Å². The number of amides is 2. The molecule has 2 aromatic carbocycles. The summed E-state index contributed by atoms with van der Waals surface area (Å²) in [6.07, 6.45) is 4.76. The number of rotatable bonds is 8. The molecule has 3 heterocycles. The lowest BCUT2D eigenvalue weighted by Gasteiger charge is -2.31. The van der Waals surface area contributed by atoms with Crippen molar-refractivity contribution in [3.05, 3.63) is 124 Å². The van der Waals surface area contributed by atoms with Crippen LogP contribution in [0.15, 0.2) is 90.2 Å². The van der Waals surface area contributed by atoms with Gasteiger partial charge in [-0.3, -0.25) is 29.4 Å². The van der Waals surface area contributed by atoms with E-state index in [-0.39, 0.29) is 29.2 Å². The average Bonchev–Trinajstić information content (AvgIpc) is 3.45. The van der Waals surface area contributed by atoms with Crippen LogP contribution < -0.4 is 15.8 Å². The molecule has 0 radical (unpaired) electrons. The third kappa shape index (κ3) is 6.09. The molecular formula is C31H30FN7O3. The monoisotopic (exact) mass is 567 g/mol.